The normalized spacial score (nSPS) is 17.1. The molecule has 0 spiro atoms. The number of aliphatic hydroxyl groups is 1. The Labute approximate surface area is 149 Å². The zero-order chi connectivity index (χ0) is 13.9. The first kappa shape index (κ1) is 18.2. The zero-order valence-corrected chi connectivity index (χ0v) is 16.5. The molecule has 0 aromatic carbocycles. The summed E-state index contributed by atoms with van der Waals surface area (Å²) in [6, 6.07) is 4.17. The van der Waals surface area contributed by atoms with Gasteiger partial charge >= 0.3 is 0 Å². The van der Waals surface area contributed by atoms with Crippen molar-refractivity contribution in [1.29, 1.82) is 0 Å². The van der Waals surface area contributed by atoms with Gasteiger partial charge in [0, 0.05) is 25.5 Å². The van der Waals surface area contributed by atoms with Crippen LogP contribution in [-0.2, 0) is 6.54 Å². The summed E-state index contributed by atoms with van der Waals surface area (Å²) < 4.78 is 1.14. The summed E-state index contributed by atoms with van der Waals surface area (Å²) in [5, 5.41) is 13.3. The molecule has 0 bridgehead atoms. The molecule has 1 aromatic rings. The first-order chi connectivity index (χ1) is 9.02. The van der Waals surface area contributed by atoms with Crippen LogP contribution in [0.25, 0.3) is 0 Å². The molecule has 20 heavy (non-hydrogen) atoms. The number of rotatable bonds is 4. The van der Waals surface area contributed by atoms with Gasteiger partial charge in [-0.15, -0.1) is 35.3 Å². The highest BCUT2D eigenvalue weighted by molar-refractivity contribution is 14.0. The maximum Gasteiger partial charge on any atom is 0.193 e. The van der Waals surface area contributed by atoms with Crippen LogP contribution in [-0.4, -0.2) is 42.2 Å². The maximum atomic E-state index is 10.1. The Morgan fingerprint density at radius 3 is 2.70 bits per heavy atom. The average molecular weight is 474 g/mol. The minimum Gasteiger partial charge on any atom is -0.388 e. The smallest absolute Gasteiger partial charge is 0.193 e. The minimum atomic E-state index is -0.525. The summed E-state index contributed by atoms with van der Waals surface area (Å²) in [5.74, 6) is 0.824. The van der Waals surface area contributed by atoms with Crippen molar-refractivity contribution in [3.8, 4) is 0 Å². The van der Waals surface area contributed by atoms with Crippen LogP contribution in [0, 0.1) is 0 Å². The number of halogens is 2. The topological polar surface area (TPSA) is 47.9 Å². The molecule has 2 rings (SSSR count). The second-order valence-electron chi connectivity index (χ2n) is 5.04. The standard InChI is InChI=1S/C13H20BrN3OS.HI/c1-15-12(16-9-13(18)6-3-7-13)17(2)8-10-4-5-11(14)19-10;/h4-5,18H,3,6-9H2,1-2H3,(H,15,16);1H. The van der Waals surface area contributed by atoms with Gasteiger partial charge in [0.15, 0.2) is 5.96 Å². The molecule has 1 aromatic heterocycles. The van der Waals surface area contributed by atoms with Gasteiger partial charge in [0.2, 0.25) is 0 Å². The summed E-state index contributed by atoms with van der Waals surface area (Å²) >= 11 is 5.20. The molecule has 1 heterocycles. The van der Waals surface area contributed by atoms with E-state index in [0.717, 1.165) is 35.6 Å². The Morgan fingerprint density at radius 2 is 2.25 bits per heavy atom. The van der Waals surface area contributed by atoms with Crippen molar-refractivity contribution in [2.45, 2.75) is 31.4 Å². The predicted octanol–water partition coefficient (Wildman–Crippen LogP) is 3.05. The molecule has 2 N–H and O–H groups in total. The highest BCUT2D eigenvalue weighted by Gasteiger charge is 2.34. The predicted molar refractivity (Wildman–Crippen MR) is 99.1 cm³/mol. The van der Waals surface area contributed by atoms with E-state index in [1.54, 1.807) is 18.4 Å². The van der Waals surface area contributed by atoms with E-state index in [9.17, 15) is 5.11 Å². The Hall–Kier alpha value is 0.140. The summed E-state index contributed by atoms with van der Waals surface area (Å²) in [7, 11) is 3.78. The van der Waals surface area contributed by atoms with Crippen LogP contribution in [0.3, 0.4) is 0 Å². The van der Waals surface area contributed by atoms with Gasteiger partial charge in [0.1, 0.15) is 0 Å². The van der Waals surface area contributed by atoms with Gasteiger partial charge in [-0.25, -0.2) is 0 Å². The summed E-state index contributed by atoms with van der Waals surface area (Å²) in [6.07, 6.45) is 2.90. The van der Waals surface area contributed by atoms with Crippen LogP contribution in [0.2, 0.25) is 0 Å². The van der Waals surface area contributed by atoms with E-state index in [2.05, 4.69) is 43.3 Å². The second kappa shape index (κ2) is 7.95. The lowest BCUT2D eigenvalue weighted by Crippen LogP contribution is -2.50. The van der Waals surface area contributed by atoms with Crippen molar-refractivity contribution < 1.29 is 5.11 Å². The molecule has 0 radical (unpaired) electrons. The highest BCUT2D eigenvalue weighted by Crippen LogP contribution is 2.30. The van der Waals surface area contributed by atoms with Gasteiger partial charge in [-0.3, -0.25) is 4.99 Å². The molecule has 0 amide bonds. The molecule has 0 atom stereocenters. The van der Waals surface area contributed by atoms with Crippen LogP contribution in [0.15, 0.2) is 20.9 Å². The molecule has 0 unspecified atom stereocenters. The quantitative estimate of drug-likeness (QED) is 0.401. The van der Waals surface area contributed by atoms with Crippen molar-refractivity contribution in [1.82, 2.24) is 10.2 Å². The Morgan fingerprint density at radius 1 is 1.55 bits per heavy atom. The van der Waals surface area contributed by atoms with Crippen LogP contribution in [0.1, 0.15) is 24.1 Å². The van der Waals surface area contributed by atoms with Gasteiger partial charge in [0.05, 0.1) is 15.9 Å². The van der Waals surface area contributed by atoms with Crippen LogP contribution in [0.4, 0.5) is 0 Å². The number of hydrogen-bond acceptors (Lipinski definition) is 3. The molecule has 0 saturated heterocycles. The van der Waals surface area contributed by atoms with E-state index in [1.165, 1.54) is 4.88 Å². The molecule has 1 aliphatic carbocycles. The summed E-state index contributed by atoms with van der Waals surface area (Å²) in [4.78, 5) is 7.61. The van der Waals surface area contributed by atoms with Crippen molar-refractivity contribution in [2.24, 2.45) is 4.99 Å². The van der Waals surface area contributed by atoms with Crippen LogP contribution < -0.4 is 5.32 Å². The van der Waals surface area contributed by atoms with Gasteiger partial charge in [0.25, 0.3) is 0 Å². The Balaban J connectivity index is 0.00000200. The number of guanidine groups is 1. The Kier molecular flexibility index (Phi) is 7.23. The fraction of sp³-hybridized carbons (Fsp3) is 0.615. The maximum absolute atomic E-state index is 10.1. The second-order valence-corrected chi connectivity index (χ2v) is 7.59. The lowest BCUT2D eigenvalue weighted by molar-refractivity contribution is -0.0282. The largest absolute Gasteiger partial charge is 0.388 e. The van der Waals surface area contributed by atoms with Gasteiger partial charge in [-0.2, -0.15) is 0 Å². The monoisotopic (exact) mass is 473 g/mol. The fourth-order valence-electron chi connectivity index (χ4n) is 2.14. The number of aliphatic imine (C=N–C) groups is 1. The average Bonchev–Trinajstić information content (AvgIpc) is 2.73. The minimum absolute atomic E-state index is 0. The van der Waals surface area contributed by atoms with Crippen molar-refractivity contribution in [2.75, 3.05) is 20.6 Å². The molecular formula is C13H21BrIN3OS. The van der Waals surface area contributed by atoms with Crippen molar-refractivity contribution >= 4 is 57.2 Å². The number of thiophene rings is 1. The fourth-order valence-corrected chi connectivity index (χ4v) is 3.67. The van der Waals surface area contributed by atoms with Crippen molar-refractivity contribution in [3.05, 3.63) is 20.8 Å². The molecule has 7 heteroatoms. The van der Waals surface area contributed by atoms with E-state index in [1.807, 2.05) is 7.05 Å². The SMILES string of the molecule is CN=C(NCC1(O)CCC1)N(C)Cc1ccc(Br)s1.I. The van der Waals surface area contributed by atoms with Gasteiger partial charge in [-0.05, 0) is 47.3 Å². The molecule has 4 nitrogen and oxygen atoms in total. The Bertz CT molecular complexity index is 462. The highest BCUT2D eigenvalue weighted by atomic mass is 127. The van der Waals surface area contributed by atoms with Gasteiger partial charge in [-0.1, -0.05) is 0 Å². The van der Waals surface area contributed by atoms with Crippen LogP contribution >= 0.6 is 51.2 Å². The van der Waals surface area contributed by atoms with Crippen LogP contribution in [0.5, 0.6) is 0 Å². The zero-order valence-electron chi connectivity index (χ0n) is 11.7. The first-order valence-corrected chi connectivity index (χ1v) is 8.02. The third-order valence-electron chi connectivity index (χ3n) is 3.46. The molecule has 1 aliphatic rings. The molecule has 1 saturated carbocycles. The summed E-state index contributed by atoms with van der Waals surface area (Å²) in [5.41, 5.74) is -0.525. The lowest BCUT2D eigenvalue weighted by Gasteiger charge is -2.37. The molecule has 114 valence electrons. The van der Waals surface area contributed by atoms with E-state index in [-0.39, 0.29) is 24.0 Å². The third-order valence-corrected chi connectivity index (χ3v) is 5.06. The van der Waals surface area contributed by atoms with Crippen molar-refractivity contribution in [3.63, 3.8) is 0 Å². The molecule has 1 fully saturated rings. The number of hydrogen-bond donors (Lipinski definition) is 2. The number of nitrogens with zero attached hydrogens (tertiary/aromatic N) is 2. The van der Waals surface area contributed by atoms with E-state index < -0.39 is 5.60 Å². The van der Waals surface area contributed by atoms with Gasteiger partial charge < -0.3 is 15.3 Å². The molecule has 0 aliphatic heterocycles. The number of nitrogens with one attached hydrogen (secondary N) is 1. The lowest BCUT2D eigenvalue weighted by atomic mass is 9.80. The van der Waals surface area contributed by atoms with E-state index in [4.69, 9.17) is 0 Å². The third kappa shape index (κ3) is 4.85. The first-order valence-electron chi connectivity index (χ1n) is 6.41. The molecular weight excluding hydrogens is 453 g/mol. The van der Waals surface area contributed by atoms with E-state index in [0.29, 0.717) is 6.54 Å². The summed E-state index contributed by atoms with van der Waals surface area (Å²) in [6.45, 7) is 1.40. The van der Waals surface area contributed by atoms with E-state index >= 15 is 0 Å².